The van der Waals surface area contributed by atoms with Crippen LogP contribution in [0, 0.1) is 0 Å². The summed E-state index contributed by atoms with van der Waals surface area (Å²) in [5, 5.41) is 19.4. The lowest BCUT2D eigenvalue weighted by molar-refractivity contribution is 0.0699. The van der Waals surface area contributed by atoms with Gasteiger partial charge in [-0.05, 0) is 0 Å². The number of aromatic amines is 1. The Morgan fingerprint density at radius 3 is 3.07 bits per heavy atom. The Balaban J connectivity index is 2.51. The van der Waals surface area contributed by atoms with Crippen LogP contribution in [0.25, 0.3) is 16.7 Å². The third-order valence-corrected chi connectivity index (χ3v) is 2.17. The highest BCUT2D eigenvalue weighted by Crippen LogP contribution is 2.14. The van der Waals surface area contributed by atoms with E-state index in [1.54, 1.807) is 6.20 Å². The average molecular weight is 203 g/mol. The minimum Gasteiger partial charge on any atom is -0.478 e. The lowest BCUT2D eigenvalue weighted by Gasteiger charge is -1.94. The second-order valence-corrected chi connectivity index (χ2v) is 3.02. The summed E-state index contributed by atoms with van der Waals surface area (Å²) in [4.78, 5) is 14.9. The second-order valence-electron chi connectivity index (χ2n) is 3.02. The summed E-state index contributed by atoms with van der Waals surface area (Å²) >= 11 is 0. The van der Waals surface area contributed by atoms with Crippen LogP contribution in [0.5, 0.6) is 0 Å². The van der Waals surface area contributed by atoms with Crippen molar-refractivity contribution in [3.05, 3.63) is 24.2 Å². The third kappa shape index (κ3) is 0.938. The number of hydrogen-bond acceptors (Lipinski definition) is 4. The van der Waals surface area contributed by atoms with E-state index in [0.29, 0.717) is 16.7 Å². The van der Waals surface area contributed by atoms with Crippen molar-refractivity contribution in [2.24, 2.45) is 0 Å². The zero-order valence-corrected chi connectivity index (χ0v) is 7.38. The first-order valence-electron chi connectivity index (χ1n) is 4.16. The first-order valence-corrected chi connectivity index (χ1v) is 4.16. The summed E-state index contributed by atoms with van der Waals surface area (Å²) in [6, 6.07) is 0. The van der Waals surface area contributed by atoms with Crippen LogP contribution in [-0.4, -0.2) is 35.9 Å². The molecule has 0 spiro atoms. The van der Waals surface area contributed by atoms with Gasteiger partial charge in [0.25, 0.3) is 0 Å². The molecule has 7 heteroatoms. The van der Waals surface area contributed by atoms with Gasteiger partial charge in [0.1, 0.15) is 16.6 Å². The standard InChI is InChI=1S/C8H5N5O2/c14-8(15)4-1-11-13-6(4)3-9-5-2-10-12-7(5)13/h1-3H,(H,10,12)(H,14,15). The topological polar surface area (TPSA) is 96.2 Å². The van der Waals surface area contributed by atoms with E-state index < -0.39 is 5.97 Å². The maximum Gasteiger partial charge on any atom is 0.339 e. The molecule has 0 bridgehead atoms. The molecule has 0 aromatic carbocycles. The Kier molecular flexibility index (Phi) is 1.34. The molecule has 0 aliphatic carbocycles. The number of rotatable bonds is 1. The molecule has 0 radical (unpaired) electrons. The Bertz CT molecular complexity index is 668. The van der Waals surface area contributed by atoms with E-state index in [2.05, 4.69) is 20.3 Å². The molecule has 74 valence electrons. The summed E-state index contributed by atoms with van der Waals surface area (Å²) in [7, 11) is 0. The highest BCUT2D eigenvalue weighted by atomic mass is 16.4. The Hall–Kier alpha value is -2.44. The highest BCUT2D eigenvalue weighted by Gasteiger charge is 2.13. The summed E-state index contributed by atoms with van der Waals surface area (Å²) in [5.41, 5.74) is 1.79. The van der Waals surface area contributed by atoms with Crippen molar-refractivity contribution in [3.8, 4) is 0 Å². The minimum atomic E-state index is -1.02. The molecule has 2 N–H and O–H groups in total. The van der Waals surface area contributed by atoms with Crippen molar-refractivity contribution in [3.63, 3.8) is 0 Å². The fraction of sp³-hybridized carbons (Fsp3) is 0. The van der Waals surface area contributed by atoms with Crippen LogP contribution in [0.4, 0.5) is 0 Å². The molecular formula is C8H5N5O2. The number of carboxylic acids is 1. The van der Waals surface area contributed by atoms with Gasteiger partial charge in [-0.25, -0.2) is 14.3 Å². The van der Waals surface area contributed by atoms with Gasteiger partial charge in [-0.2, -0.15) is 10.2 Å². The average Bonchev–Trinajstić information content (AvgIpc) is 2.82. The summed E-state index contributed by atoms with van der Waals surface area (Å²) in [5.74, 6) is -1.02. The van der Waals surface area contributed by atoms with Crippen LogP contribution in [0.1, 0.15) is 10.4 Å². The van der Waals surface area contributed by atoms with Gasteiger partial charge >= 0.3 is 5.97 Å². The molecule has 0 amide bonds. The molecule has 0 saturated heterocycles. The molecule has 0 saturated carbocycles. The van der Waals surface area contributed by atoms with Gasteiger partial charge in [0.05, 0.1) is 18.6 Å². The maximum absolute atomic E-state index is 10.8. The van der Waals surface area contributed by atoms with Gasteiger partial charge in [-0.1, -0.05) is 0 Å². The quantitative estimate of drug-likeness (QED) is 0.593. The van der Waals surface area contributed by atoms with E-state index in [-0.39, 0.29) is 5.56 Å². The molecule has 0 unspecified atom stereocenters. The number of aromatic nitrogens is 5. The van der Waals surface area contributed by atoms with Crippen LogP contribution in [0.15, 0.2) is 18.6 Å². The smallest absolute Gasteiger partial charge is 0.339 e. The van der Waals surface area contributed by atoms with Gasteiger partial charge in [-0.3, -0.25) is 5.10 Å². The van der Waals surface area contributed by atoms with Gasteiger partial charge in [0, 0.05) is 0 Å². The van der Waals surface area contributed by atoms with Crippen LogP contribution in [-0.2, 0) is 0 Å². The molecule has 0 aliphatic rings. The number of carbonyl (C=O) groups is 1. The first kappa shape index (κ1) is 7.92. The molecule has 15 heavy (non-hydrogen) atoms. The van der Waals surface area contributed by atoms with E-state index in [4.69, 9.17) is 5.11 Å². The summed E-state index contributed by atoms with van der Waals surface area (Å²) in [6.45, 7) is 0. The molecule has 3 rings (SSSR count). The predicted molar refractivity (Wildman–Crippen MR) is 49.6 cm³/mol. The molecule has 0 aliphatic heterocycles. The minimum absolute atomic E-state index is 0.124. The summed E-state index contributed by atoms with van der Waals surface area (Å²) in [6.07, 6.45) is 4.31. The van der Waals surface area contributed by atoms with E-state index in [9.17, 15) is 4.79 Å². The number of fused-ring (bicyclic) bond motifs is 3. The number of nitrogens with one attached hydrogen (secondary N) is 1. The molecule has 7 nitrogen and oxygen atoms in total. The zero-order valence-electron chi connectivity index (χ0n) is 7.38. The van der Waals surface area contributed by atoms with Crippen molar-refractivity contribution in [1.82, 2.24) is 24.8 Å². The van der Waals surface area contributed by atoms with Crippen LogP contribution >= 0.6 is 0 Å². The normalized spacial score (nSPS) is 11.2. The van der Waals surface area contributed by atoms with Crippen LogP contribution in [0.2, 0.25) is 0 Å². The molecule has 0 fully saturated rings. The zero-order chi connectivity index (χ0) is 10.4. The second kappa shape index (κ2) is 2.53. The predicted octanol–water partition coefficient (Wildman–Crippen LogP) is 0.304. The lowest BCUT2D eigenvalue weighted by atomic mass is 10.3. The first-order chi connectivity index (χ1) is 7.27. The van der Waals surface area contributed by atoms with Crippen molar-refractivity contribution in [1.29, 1.82) is 0 Å². The monoisotopic (exact) mass is 203 g/mol. The lowest BCUT2D eigenvalue weighted by Crippen LogP contribution is -1.96. The fourth-order valence-electron chi connectivity index (χ4n) is 1.48. The molecular weight excluding hydrogens is 198 g/mol. The van der Waals surface area contributed by atoms with Gasteiger partial charge in [0.15, 0.2) is 5.65 Å². The van der Waals surface area contributed by atoms with Crippen molar-refractivity contribution < 1.29 is 9.90 Å². The van der Waals surface area contributed by atoms with Crippen molar-refractivity contribution in [2.45, 2.75) is 0 Å². The van der Waals surface area contributed by atoms with Crippen molar-refractivity contribution in [2.75, 3.05) is 0 Å². The van der Waals surface area contributed by atoms with Gasteiger partial charge < -0.3 is 5.11 Å². The van der Waals surface area contributed by atoms with Crippen molar-refractivity contribution >= 4 is 22.6 Å². The number of carboxylic acid groups (broad SMARTS) is 1. The van der Waals surface area contributed by atoms with E-state index in [1.807, 2.05) is 0 Å². The fourth-order valence-corrected chi connectivity index (χ4v) is 1.48. The highest BCUT2D eigenvalue weighted by molar-refractivity contribution is 5.96. The van der Waals surface area contributed by atoms with Crippen LogP contribution < -0.4 is 0 Å². The Morgan fingerprint density at radius 1 is 1.40 bits per heavy atom. The van der Waals surface area contributed by atoms with E-state index >= 15 is 0 Å². The molecule has 3 aromatic rings. The summed E-state index contributed by atoms with van der Waals surface area (Å²) < 4.78 is 1.47. The molecule has 3 heterocycles. The molecule has 3 aromatic heterocycles. The van der Waals surface area contributed by atoms with Crippen LogP contribution in [0.3, 0.4) is 0 Å². The Labute approximate surface area is 82.4 Å². The van der Waals surface area contributed by atoms with E-state index in [0.717, 1.165) is 0 Å². The Morgan fingerprint density at radius 2 is 2.27 bits per heavy atom. The SMILES string of the molecule is O=C(O)c1cnn2c1cnc1cn[nH]c12. The van der Waals surface area contributed by atoms with Gasteiger partial charge in [0.2, 0.25) is 0 Å². The number of nitrogens with zero attached hydrogens (tertiary/aromatic N) is 4. The maximum atomic E-state index is 10.8. The van der Waals surface area contributed by atoms with E-state index in [1.165, 1.54) is 16.9 Å². The van der Waals surface area contributed by atoms with Gasteiger partial charge in [-0.15, -0.1) is 0 Å². The largest absolute Gasteiger partial charge is 0.478 e. The third-order valence-electron chi connectivity index (χ3n) is 2.17. The molecule has 0 atom stereocenters. The number of hydrogen-bond donors (Lipinski definition) is 2. The number of aromatic carboxylic acids is 1. The number of H-pyrrole nitrogens is 1.